The van der Waals surface area contributed by atoms with Crippen LogP contribution in [0.25, 0.3) is 0 Å². The summed E-state index contributed by atoms with van der Waals surface area (Å²) in [4.78, 5) is 2.71. The Morgan fingerprint density at radius 2 is 1.80 bits per heavy atom. The van der Waals surface area contributed by atoms with Crippen molar-refractivity contribution in [1.82, 2.24) is 4.90 Å². The maximum Gasteiger partial charge on any atom is 0.00434 e. The fourth-order valence-electron chi connectivity index (χ4n) is 3.85. The first-order valence-corrected chi connectivity index (χ1v) is 6.79. The molecule has 1 spiro atoms. The molecule has 0 N–H and O–H groups in total. The summed E-state index contributed by atoms with van der Waals surface area (Å²) >= 11 is 0. The molecule has 1 heterocycles. The third-order valence-corrected chi connectivity index (χ3v) is 4.92. The SMILES string of the molecule is CC(C)[C@H]1CCN(C(C)C)CC12CCC2. The summed E-state index contributed by atoms with van der Waals surface area (Å²) in [5, 5.41) is 0. The normalized spacial score (nSPS) is 31.2. The van der Waals surface area contributed by atoms with Gasteiger partial charge in [-0.3, -0.25) is 0 Å². The minimum Gasteiger partial charge on any atom is -0.300 e. The van der Waals surface area contributed by atoms with E-state index in [2.05, 4.69) is 32.6 Å². The molecule has 0 aromatic carbocycles. The van der Waals surface area contributed by atoms with Crippen molar-refractivity contribution in [1.29, 1.82) is 0 Å². The van der Waals surface area contributed by atoms with Crippen LogP contribution in [0.2, 0.25) is 0 Å². The van der Waals surface area contributed by atoms with E-state index >= 15 is 0 Å². The van der Waals surface area contributed by atoms with Gasteiger partial charge in [0.25, 0.3) is 0 Å². The average molecular weight is 209 g/mol. The lowest BCUT2D eigenvalue weighted by atomic mass is 9.55. The zero-order valence-corrected chi connectivity index (χ0v) is 10.9. The fraction of sp³-hybridized carbons (Fsp3) is 1.00. The van der Waals surface area contributed by atoms with Crippen molar-refractivity contribution >= 4 is 0 Å². The highest BCUT2D eigenvalue weighted by atomic mass is 15.2. The van der Waals surface area contributed by atoms with E-state index < -0.39 is 0 Å². The molecule has 1 saturated heterocycles. The standard InChI is InChI=1S/C14H27N/c1-11(2)13-6-9-15(12(3)4)10-14(13)7-5-8-14/h11-13H,5-10H2,1-4H3/t13-/m1/s1. The van der Waals surface area contributed by atoms with Gasteiger partial charge in [-0.1, -0.05) is 20.3 Å². The van der Waals surface area contributed by atoms with E-state index in [-0.39, 0.29) is 0 Å². The number of hydrogen-bond acceptors (Lipinski definition) is 1. The van der Waals surface area contributed by atoms with Crippen LogP contribution in [-0.4, -0.2) is 24.0 Å². The number of nitrogens with zero attached hydrogens (tertiary/aromatic N) is 1. The highest BCUT2D eigenvalue weighted by molar-refractivity contribution is 5.00. The van der Waals surface area contributed by atoms with Crippen LogP contribution in [0.3, 0.4) is 0 Å². The van der Waals surface area contributed by atoms with E-state index in [1.807, 2.05) is 0 Å². The van der Waals surface area contributed by atoms with Gasteiger partial charge in [0.05, 0.1) is 0 Å². The lowest BCUT2D eigenvalue weighted by Gasteiger charge is -2.56. The van der Waals surface area contributed by atoms with Crippen molar-refractivity contribution in [2.45, 2.75) is 59.4 Å². The molecule has 15 heavy (non-hydrogen) atoms. The van der Waals surface area contributed by atoms with Crippen molar-refractivity contribution < 1.29 is 0 Å². The minimum absolute atomic E-state index is 0.719. The zero-order chi connectivity index (χ0) is 11.1. The third-order valence-electron chi connectivity index (χ3n) is 4.92. The number of rotatable bonds is 2. The molecule has 1 nitrogen and oxygen atoms in total. The van der Waals surface area contributed by atoms with Crippen LogP contribution < -0.4 is 0 Å². The summed E-state index contributed by atoms with van der Waals surface area (Å²) in [6.07, 6.45) is 5.92. The second-order valence-electron chi connectivity index (χ2n) is 6.42. The van der Waals surface area contributed by atoms with E-state index in [4.69, 9.17) is 0 Å². The van der Waals surface area contributed by atoms with E-state index in [1.165, 1.54) is 38.8 Å². The largest absolute Gasteiger partial charge is 0.300 e. The molecule has 2 fully saturated rings. The summed E-state index contributed by atoms with van der Waals surface area (Å²) in [5.74, 6) is 1.89. The van der Waals surface area contributed by atoms with Crippen LogP contribution in [0.5, 0.6) is 0 Å². The fourth-order valence-corrected chi connectivity index (χ4v) is 3.85. The predicted octanol–water partition coefficient (Wildman–Crippen LogP) is 3.54. The number of hydrogen-bond donors (Lipinski definition) is 0. The number of piperidine rings is 1. The van der Waals surface area contributed by atoms with Gasteiger partial charge in [-0.05, 0) is 56.9 Å². The van der Waals surface area contributed by atoms with Gasteiger partial charge in [0.2, 0.25) is 0 Å². The lowest BCUT2D eigenvalue weighted by Crippen LogP contribution is -2.55. The lowest BCUT2D eigenvalue weighted by molar-refractivity contribution is -0.0642. The molecular formula is C14H27N. The van der Waals surface area contributed by atoms with Crippen molar-refractivity contribution in [3.05, 3.63) is 0 Å². The van der Waals surface area contributed by atoms with E-state index in [1.54, 1.807) is 0 Å². The van der Waals surface area contributed by atoms with Gasteiger partial charge in [0.1, 0.15) is 0 Å². The quantitative estimate of drug-likeness (QED) is 0.672. The average Bonchev–Trinajstić information content (AvgIpc) is 2.14. The van der Waals surface area contributed by atoms with E-state index in [0.717, 1.165) is 23.3 Å². The van der Waals surface area contributed by atoms with Crippen molar-refractivity contribution in [2.75, 3.05) is 13.1 Å². The van der Waals surface area contributed by atoms with Gasteiger partial charge in [-0.25, -0.2) is 0 Å². The summed E-state index contributed by atoms with van der Waals surface area (Å²) < 4.78 is 0. The molecule has 2 aliphatic rings. The summed E-state index contributed by atoms with van der Waals surface area (Å²) in [7, 11) is 0. The van der Waals surface area contributed by atoms with Gasteiger partial charge in [0.15, 0.2) is 0 Å². The van der Waals surface area contributed by atoms with Crippen LogP contribution in [0.4, 0.5) is 0 Å². The molecule has 88 valence electrons. The molecule has 0 aromatic rings. The summed E-state index contributed by atoms with van der Waals surface area (Å²) in [6.45, 7) is 12.3. The molecule has 1 aliphatic carbocycles. The maximum absolute atomic E-state index is 2.71. The van der Waals surface area contributed by atoms with Gasteiger partial charge in [-0.2, -0.15) is 0 Å². The topological polar surface area (TPSA) is 3.24 Å². The first-order valence-electron chi connectivity index (χ1n) is 6.79. The molecule has 1 atom stereocenters. The monoisotopic (exact) mass is 209 g/mol. The molecule has 0 amide bonds. The Balaban J connectivity index is 2.07. The van der Waals surface area contributed by atoms with Gasteiger partial charge in [0, 0.05) is 12.6 Å². The zero-order valence-electron chi connectivity index (χ0n) is 10.9. The third kappa shape index (κ3) is 1.95. The summed E-state index contributed by atoms with van der Waals surface area (Å²) in [5.41, 5.74) is 0.719. The highest BCUT2D eigenvalue weighted by Gasteiger charge is 2.48. The second kappa shape index (κ2) is 4.08. The van der Waals surface area contributed by atoms with Crippen LogP contribution in [0, 0.1) is 17.3 Å². The number of likely N-dealkylation sites (tertiary alicyclic amines) is 1. The molecule has 1 saturated carbocycles. The molecule has 0 aromatic heterocycles. The molecule has 1 heteroatoms. The predicted molar refractivity (Wildman–Crippen MR) is 65.9 cm³/mol. The Kier molecular flexibility index (Phi) is 3.12. The van der Waals surface area contributed by atoms with Crippen molar-refractivity contribution in [3.8, 4) is 0 Å². The van der Waals surface area contributed by atoms with Gasteiger partial charge < -0.3 is 4.90 Å². The summed E-state index contributed by atoms with van der Waals surface area (Å²) in [6, 6.07) is 0.746. The smallest absolute Gasteiger partial charge is 0.00434 e. The molecular weight excluding hydrogens is 182 g/mol. The molecule has 2 rings (SSSR count). The first kappa shape index (κ1) is 11.4. The Morgan fingerprint density at radius 3 is 2.20 bits per heavy atom. The maximum atomic E-state index is 2.71. The Hall–Kier alpha value is -0.0400. The van der Waals surface area contributed by atoms with Crippen LogP contribution in [-0.2, 0) is 0 Å². The minimum atomic E-state index is 0.719. The first-order chi connectivity index (χ1) is 7.05. The molecule has 0 radical (unpaired) electrons. The second-order valence-corrected chi connectivity index (χ2v) is 6.42. The van der Waals surface area contributed by atoms with Crippen LogP contribution in [0.1, 0.15) is 53.4 Å². The van der Waals surface area contributed by atoms with Crippen molar-refractivity contribution in [2.24, 2.45) is 17.3 Å². The Morgan fingerprint density at radius 1 is 1.13 bits per heavy atom. The van der Waals surface area contributed by atoms with Crippen LogP contribution >= 0.6 is 0 Å². The van der Waals surface area contributed by atoms with E-state index in [0.29, 0.717) is 0 Å². The highest BCUT2D eigenvalue weighted by Crippen LogP contribution is 2.53. The Labute approximate surface area is 95.2 Å². The van der Waals surface area contributed by atoms with Crippen LogP contribution in [0.15, 0.2) is 0 Å². The molecule has 0 unspecified atom stereocenters. The van der Waals surface area contributed by atoms with Gasteiger partial charge >= 0.3 is 0 Å². The van der Waals surface area contributed by atoms with Crippen molar-refractivity contribution in [3.63, 3.8) is 0 Å². The van der Waals surface area contributed by atoms with Gasteiger partial charge in [-0.15, -0.1) is 0 Å². The molecule has 0 bridgehead atoms. The Bertz CT molecular complexity index is 215. The van der Waals surface area contributed by atoms with E-state index in [9.17, 15) is 0 Å². The molecule has 1 aliphatic heterocycles.